The number of carbonyl (C=O) groups excluding carboxylic acids is 3. The van der Waals surface area contributed by atoms with E-state index >= 15 is 0 Å². The van der Waals surface area contributed by atoms with E-state index in [2.05, 4.69) is 19.2 Å². The zero-order chi connectivity index (χ0) is 41.7. The van der Waals surface area contributed by atoms with Crippen LogP contribution in [0, 0.1) is 11.8 Å². The van der Waals surface area contributed by atoms with Gasteiger partial charge in [-0.2, -0.15) is 0 Å². The summed E-state index contributed by atoms with van der Waals surface area (Å²) in [5.74, 6) is 0.250. The lowest BCUT2D eigenvalue weighted by molar-refractivity contribution is -0.142. The number of methoxy groups -OCH3 is 1. The van der Waals surface area contributed by atoms with Crippen molar-refractivity contribution in [2.45, 2.75) is 134 Å². The van der Waals surface area contributed by atoms with Crippen molar-refractivity contribution in [3.05, 3.63) is 65.5 Å². The summed E-state index contributed by atoms with van der Waals surface area (Å²) in [7, 11) is -2.26. The summed E-state index contributed by atoms with van der Waals surface area (Å²) in [5, 5.41) is 5.80. The van der Waals surface area contributed by atoms with Gasteiger partial charge in [0.15, 0.2) is 10.9 Å². The second-order valence-corrected chi connectivity index (χ2v) is 20.7. The molecule has 2 aromatic carbocycles. The Morgan fingerprint density at radius 2 is 1.80 bits per heavy atom. The van der Waals surface area contributed by atoms with E-state index < -0.39 is 30.6 Å². The lowest BCUT2D eigenvalue weighted by atomic mass is 9.92. The van der Waals surface area contributed by atoms with Gasteiger partial charge in [0, 0.05) is 60.5 Å². The molecule has 13 heteroatoms. The molecule has 3 aliphatic rings. The second kappa shape index (κ2) is 18.7. The van der Waals surface area contributed by atoms with E-state index in [1.807, 2.05) is 66.9 Å². The second-order valence-electron chi connectivity index (χ2n) is 17.2. The molecule has 0 spiro atoms. The molecule has 11 nitrogen and oxygen atoms in total. The molecule has 4 aromatic rings. The van der Waals surface area contributed by atoms with Gasteiger partial charge in [0.25, 0.3) is 0 Å². The molecule has 3 fully saturated rings. The number of hydrogen-bond acceptors (Lipinski definition) is 10. The van der Waals surface area contributed by atoms with Gasteiger partial charge >= 0.3 is 0 Å². The van der Waals surface area contributed by atoms with E-state index in [9.17, 15) is 23.8 Å². The number of ketones is 2. The lowest BCUT2D eigenvalue weighted by Gasteiger charge is -2.30. The van der Waals surface area contributed by atoms with E-state index in [0.29, 0.717) is 54.1 Å². The van der Waals surface area contributed by atoms with Crippen LogP contribution in [0.2, 0.25) is 0 Å². The minimum atomic E-state index is -3.86. The maximum atomic E-state index is 14.9. The number of nitrogens with zero attached hydrogens (tertiary/aromatic N) is 3. The van der Waals surface area contributed by atoms with Crippen LogP contribution in [-0.4, -0.2) is 74.2 Å². The number of benzene rings is 2. The van der Waals surface area contributed by atoms with E-state index in [0.717, 1.165) is 54.6 Å². The maximum Gasteiger partial charge on any atom is 0.226 e. The number of thiazole rings is 1. The highest BCUT2D eigenvalue weighted by molar-refractivity contribution is 7.59. The van der Waals surface area contributed by atoms with Crippen molar-refractivity contribution in [1.82, 2.24) is 14.9 Å². The first-order chi connectivity index (χ1) is 28.4. The first kappa shape index (κ1) is 43.0. The average molecular weight is 843 g/mol. The Morgan fingerprint density at radius 1 is 1.03 bits per heavy atom. The molecule has 1 unspecified atom stereocenters. The maximum absolute atomic E-state index is 14.9. The van der Waals surface area contributed by atoms with Crippen molar-refractivity contribution in [2.24, 2.45) is 11.8 Å². The van der Waals surface area contributed by atoms with Gasteiger partial charge in [-0.15, -0.1) is 11.3 Å². The number of nitrogens with one attached hydrogen (secondary N) is 1. The number of Topliss-reactive ketones (excluding diaryl/α,β-unsaturated/α-hetero) is 2. The molecule has 4 heterocycles. The molecule has 2 saturated heterocycles. The molecule has 6 atom stereocenters. The molecular formula is C46H59N4O7PS. The minimum absolute atomic E-state index is 0.00846. The molecule has 2 aromatic heterocycles. The smallest absolute Gasteiger partial charge is 0.226 e. The van der Waals surface area contributed by atoms with Crippen molar-refractivity contribution >= 4 is 52.2 Å². The monoisotopic (exact) mass is 842 g/mol. The summed E-state index contributed by atoms with van der Waals surface area (Å²) >= 11 is 1.49. The molecule has 0 bridgehead atoms. The highest BCUT2D eigenvalue weighted by Gasteiger charge is 2.65. The van der Waals surface area contributed by atoms with Crippen LogP contribution in [0.3, 0.4) is 0 Å². The normalized spacial score (nSPS) is 25.1. The Hall–Kier alpha value is -4.12. The summed E-state index contributed by atoms with van der Waals surface area (Å²) in [6.45, 7) is 6.23. The Bertz CT molecular complexity index is 2180. The molecule has 1 aliphatic carbocycles. The summed E-state index contributed by atoms with van der Waals surface area (Å²) in [4.78, 5) is 66.1. The van der Waals surface area contributed by atoms with Gasteiger partial charge < -0.3 is 24.6 Å². The molecule has 0 radical (unpaired) electrons. The Balaban J connectivity index is 1.23. The van der Waals surface area contributed by atoms with Crippen LogP contribution in [0.25, 0.3) is 22.3 Å². The third-order valence-electron chi connectivity index (χ3n) is 12.4. The fraction of sp³-hybridized carbons (Fsp3) is 0.543. The molecule has 2 aliphatic heterocycles. The predicted molar refractivity (Wildman–Crippen MR) is 233 cm³/mol. The highest BCUT2D eigenvalue weighted by Crippen LogP contribution is 2.75. The number of aromatic nitrogens is 2. The number of hydrogen-bond donors (Lipinski definition) is 2. The topological polar surface area (TPSA) is 148 Å². The summed E-state index contributed by atoms with van der Waals surface area (Å²) in [6.07, 6.45) is 7.44. The number of pyridine rings is 1. The standard InChI is InChI=1S/C46H59N4O7PS/c1-5-14-34(51)21-32-17-12-7-6-8-13-18-33-25-46(33,58(54,55)28-31-15-10-9-11-16-31)26-42(52)41-23-36(27-50(41)44(32)53)57-43-24-39(40-29-59-45(49-40)47-30(2)3)48-38-22-35(56-4)19-20-37(38)43/h9-11,15-16,19-20,22,24,29-30,32-33,36,41H,5-8,12-14,17-18,21,23,25-28H2,1-4H3,(H,47,49)(H,54,55)/t32-,33-,36-,41+,46-/m1/s1. The zero-order valence-electron chi connectivity index (χ0n) is 34.9. The zero-order valence-corrected chi connectivity index (χ0v) is 36.6. The number of anilines is 1. The number of fused-ring (bicyclic) bond motifs is 3. The summed E-state index contributed by atoms with van der Waals surface area (Å²) in [5.41, 5.74) is 2.72. The van der Waals surface area contributed by atoms with Crippen LogP contribution < -0.4 is 14.8 Å². The third-order valence-corrected chi connectivity index (χ3v) is 16.1. The van der Waals surface area contributed by atoms with Crippen molar-refractivity contribution in [2.75, 3.05) is 19.0 Å². The van der Waals surface area contributed by atoms with Crippen molar-refractivity contribution in [3.63, 3.8) is 0 Å². The van der Waals surface area contributed by atoms with Gasteiger partial charge in [0.1, 0.15) is 29.1 Å². The number of ether oxygens (including phenoxy) is 2. The van der Waals surface area contributed by atoms with Crippen molar-refractivity contribution in [3.8, 4) is 22.9 Å². The van der Waals surface area contributed by atoms with Crippen molar-refractivity contribution in [1.29, 1.82) is 0 Å². The van der Waals surface area contributed by atoms with E-state index in [1.54, 1.807) is 12.0 Å². The van der Waals surface area contributed by atoms with Crippen LogP contribution in [0.4, 0.5) is 5.13 Å². The first-order valence-electron chi connectivity index (χ1n) is 21.5. The van der Waals surface area contributed by atoms with E-state index in [-0.39, 0.29) is 61.4 Å². The summed E-state index contributed by atoms with van der Waals surface area (Å²) < 4.78 is 27.0. The molecular weight excluding hydrogens is 784 g/mol. The largest absolute Gasteiger partial charge is 0.497 e. The van der Waals surface area contributed by atoms with Gasteiger partial charge in [0.2, 0.25) is 13.3 Å². The van der Waals surface area contributed by atoms with E-state index in [1.165, 1.54) is 11.3 Å². The van der Waals surface area contributed by atoms with Crippen LogP contribution in [-0.2, 0) is 25.1 Å². The predicted octanol–water partition coefficient (Wildman–Crippen LogP) is 9.84. The number of rotatable bonds is 13. The van der Waals surface area contributed by atoms with Gasteiger partial charge in [-0.25, -0.2) is 9.97 Å². The van der Waals surface area contributed by atoms with Crippen LogP contribution in [0.15, 0.2) is 60.0 Å². The first-order valence-corrected chi connectivity index (χ1v) is 24.2. The molecule has 2 N–H and O–H groups in total. The lowest BCUT2D eigenvalue weighted by Crippen LogP contribution is -2.45. The highest BCUT2D eigenvalue weighted by atomic mass is 32.1. The van der Waals surface area contributed by atoms with Crippen LogP contribution in [0.5, 0.6) is 11.5 Å². The number of carbonyl (C=O) groups is 3. The Kier molecular flexibility index (Phi) is 13.6. The van der Waals surface area contributed by atoms with Crippen molar-refractivity contribution < 1.29 is 33.3 Å². The van der Waals surface area contributed by atoms with Crippen LogP contribution in [0.1, 0.15) is 110 Å². The molecule has 1 saturated carbocycles. The summed E-state index contributed by atoms with van der Waals surface area (Å²) in [6, 6.07) is 16.2. The van der Waals surface area contributed by atoms with E-state index in [4.69, 9.17) is 19.4 Å². The van der Waals surface area contributed by atoms with Gasteiger partial charge in [0.05, 0.1) is 42.2 Å². The fourth-order valence-electron chi connectivity index (χ4n) is 9.28. The quantitative estimate of drug-likeness (QED) is 0.125. The number of amides is 1. The Labute approximate surface area is 352 Å². The van der Waals surface area contributed by atoms with Crippen LogP contribution >= 0.6 is 18.7 Å². The Morgan fingerprint density at radius 3 is 2.54 bits per heavy atom. The minimum Gasteiger partial charge on any atom is -0.497 e. The molecule has 7 rings (SSSR count). The SMILES string of the molecule is CCCC(=O)C[C@H]1CCCCCCC[C@@H]2C[C@@]2(P(=O)(O)Cc2ccccc2)CC(=O)[C@@H]2C[C@@H](Oc3cc(-c4csc(NC(C)C)n4)nc4cc(OC)ccc34)CN2C1=O. The molecule has 316 valence electrons. The van der Waals surface area contributed by atoms with Gasteiger partial charge in [-0.3, -0.25) is 18.9 Å². The molecule has 1 amide bonds. The fourth-order valence-corrected chi connectivity index (χ4v) is 12.8. The van der Waals surface area contributed by atoms with Gasteiger partial charge in [-0.05, 0) is 63.1 Å². The average Bonchev–Trinajstić information content (AvgIpc) is 3.48. The van der Waals surface area contributed by atoms with Gasteiger partial charge in [-0.1, -0.05) is 69.4 Å². The molecule has 59 heavy (non-hydrogen) atoms. The third kappa shape index (κ3) is 9.92.